The van der Waals surface area contributed by atoms with Crippen LogP contribution in [0.15, 0.2) is 84.9 Å². The van der Waals surface area contributed by atoms with Crippen molar-refractivity contribution in [3.8, 4) is 0 Å². The van der Waals surface area contributed by atoms with E-state index in [4.69, 9.17) is 16.4 Å². The van der Waals surface area contributed by atoms with E-state index in [1.165, 1.54) is 4.90 Å². The lowest BCUT2D eigenvalue weighted by Crippen LogP contribution is -2.39. The Morgan fingerprint density at radius 2 is 1.53 bits per heavy atom. The largest absolute Gasteiger partial charge is 0.273 e. The SMILES string of the molecule is Cc1ccc(N2C(=O)C3ON(c4ccccc4)C(/C=C/c4ccc(Cl)cc4)C3C2=O)cc1. The molecule has 0 spiro atoms. The minimum Gasteiger partial charge on any atom is -0.273 e. The van der Waals surface area contributed by atoms with Crippen molar-refractivity contribution < 1.29 is 14.4 Å². The van der Waals surface area contributed by atoms with Crippen LogP contribution in [-0.4, -0.2) is 24.0 Å². The molecule has 160 valence electrons. The number of hydrogen-bond donors (Lipinski definition) is 0. The minimum absolute atomic E-state index is 0.256. The Bertz CT molecular complexity index is 1180. The number of rotatable bonds is 4. The monoisotopic (exact) mass is 444 g/mol. The maximum absolute atomic E-state index is 13.5. The second-order valence-corrected chi connectivity index (χ2v) is 8.40. The summed E-state index contributed by atoms with van der Waals surface area (Å²) in [7, 11) is 0. The van der Waals surface area contributed by atoms with Gasteiger partial charge in [0.1, 0.15) is 5.92 Å². The number of benzene rings is 3. The smallest absolute Gasteiger partial charge is 0.266 e. The topological polar surface area (TPSA) is 49.9 Å². The van der Waals surface area contributed by atoms with Crippen molar-refractivity contribution in [2.75, 3.05) is 9.96 Å². The van der Waals surface area contributed by atoms with Crippen LogP contribution in [0.3, 0.4) is 0 Å². The van der Waals surface area contributed by atoms with E-state index >= 15 is 0 Å². The molecule has 0 aliphatic carbocycles. The van der Waals surface area contributed by atoms with Crippen molar-refractivity contribution in [2.24, 2.45) is 5.92 Å². The summed E-state index contributed by atoms with van der Waals surface area (Å²) in [5.74, 6) is -1.24. The average Bonchev–Trinajstić information content (AvgIpc) is 3.30. The number of hydroxylamine groups is 1. The molecule has 2 saturated heterocycles. The molecule has 0 aromatic heterocycles. The van der Waals surface area contributed by atoms with Crippen LogP contribution in [0.2, 0.25) is 5.02 Å². The van der Waals surface area contributed by atoms with Gasteiger partial charge in [-0.1, -0.05) is 71.8 Å². The number of carbonyl (C=O) groups excluding carboxylic acids is 2. The Morgan fingerprint density at radius 3 is 2.22 bits per heavy atom. The summed E-state index contributed by atoms with van der Waals surface area (Å²) in [6.07, 6.45) is 2.98. The third-order valence-electron chi connectivity index (χ3n) is 5.82. The van der Waals surface area contributed by atoms with Gasteiger partial charge < -0.3 is 0 Å². The Kier molecular flexibility index (Phi) is 5.29. The van der Waals surface area contributed by atoms with E-state index in [1.807, 2.05) is 85.8 Å². The van der Waals surface area contributed by atoms with Crippen LogP contribution in [0.4, 0.5) is 11.4 Å². The zero-order valence-corrected chi connectivity index (χ0v) is 18.1. The van der Waals surface area contributed by atoms with Gasteiger partial charge in [-0.25, -0.2) is 9.96 Å². The molecule has 0 radical (unpaired) electrons. The standard InChI is InChI=1S/C26H21ClN2O3/c1-17-7-14-20(15-8-17)28-25(30)23-22(16-11-18-9-12-19(27)13-10-18)29(32-24(23)26(28)31)21-5-3-2-4-6-21/h2-16,22-24H,1H3/b16-11+. The Morgan fingerprint density at radius 1 is 0.844 bits per heavy atom. The summed E-state index contributed by atoms with van der Waals surface area (Å²) >= 11 is 5.99. The third kappa shape index (κ3) is 3.60. The molecule has 6 heteroatoms. The lowest BCUT2D eigenvalue weighted by Gasteiger charge is -2.26. The van der Waals surface area contributed by atoms with E-state index in [0.29, 0.717) is 10.7 Å². The highest BCUT2D eigenvalue weighted by atomic mass is 35.5. The van der Waals surface area contributed by atoms with Gasteiger partial charge in [-0.3, -0.25) is 14.4 Å². The number of fused-ring (bicyclic) bond motifs is 1. The molecule has 2 aliphatic rings. The summed E-state index contributed by atoms with van der Waals surface area (Å²) in [5, 5.41) is 2.33. The first-order chi connectivity index (χ1) is 15.5. The molecular formula is C26H21ClN2O3. The predicted octanol–water partition coefficient (Wildman–Crippen LogP) is 5.04. The first-order valence-electron chi connectivity index (χ1n) is 10.4. The molecule has 2 amide bonds. The van der Waals surface area contributed by atoms with Crippen molar-refractivity contribution in [3.05, 3.63) is 101 Å². The first-order valence-corrected chi connectivity index (χ1v) is 10.8. The van der Waals surface area contributed by atoms with Crippen LogP contribution >= 0.6 is 11.6 Å². The van der Waals surface area contributed by atoms with Gasteiger partial charge in [0.2, 0.25) is 5.91 Å². The van der Waals surface area contributed by atoms with Crippen molar-refractivity contribution in [2.45, 2.75) is 19.1 Å². The van der Waals surface area contributed by atoms with Crippen LogP contribution in [0.5, 0.6) is 0 Å². The summed E-state index contributed by atoms with van der Waals surface area (Å²) in [6.45, 7) is 1.96. The number of nitrogens with zero attached hydrogens (tertiary/aromatic N) is 2. The highest BCUT2D eigenvalue weighted by Gasteiger charge is 2.59. The van der Waals surface area contributed by atoms with E-state index in [2.05, 4.69) is 0 Å². The molecule has 0 saturated carbocycles. The second-order valence-electron chi connectivity index (χ2n) is 7.96. The van der Waals surface area contributed by atoms with Gasteiger partial charge in [-0.15, -0.1) is 0 Å². The maximum Gasteiger partial charge on any atom is 0.266 e. The Hall–Kier alpha value is -3.41. The molecule has 2 fully saturated rings. The summed E-state index contributed by atoms with van der Waals surface area (Å²) in [6, 6.07) is 23.9. The molecule has 3 aromatic carbocycles. The lowest BCUT2D eigenvalue weighted by molar-refractivity contribution is -0.126. The second kappa shape index (κ2) is 8.26. The van der Waals surface area contributed by atoms with Gasteiger partial charge in [0, 0.05) is 5.02 Å². The van der Waals surface area contributed by atoms with Crippen molar-refractivity contribution in [1.29, 1.82) is 0 Å². The fraction of sp³-hybridized carbons (Fsp3) is 0.154. The van der Waals surface area contributed by atoms with Gasteiger partial charge in [0.05, 0.1) is 17.4 Å². The van der Waals surface area contributed by atoms with Gasteiger partial charge in [-0.05, 0) is 48.9 Å². The van der Waals surface area contributed by atoms with Gasteiger partial charge >= 0.3 is 0 Å². The number of halogens is 1. The molecule has 2 aliphatic heterocycles. The fourth-order valence-corrected chi connectivity index (χ4v) is 4.31. The summed E-state index contributed by atoms with van der Waals surface area (Å²) in [5.41, 5.74) is 3.35. The van der Waals surface area contributed by atoms with Crippen LogP contribution in [0.25, 0.3) is 6.08 Å². The molecule has 3 atom stereocenters. The number of amides is 2. The lowest BCUT2D eigenvalue weighted by atomic mass is 9.95. The van der Waals surface area contributed by atoms with Crippen LogP contribution in [-0.2, 0) is 14.4 Å². The number of imide groups is 1. The molecule has 5 nitrogen and oxygen atoms in total. The Labute approximate surface area is 191 Å². The van der Waals surface area contributed by atoms with Crippen molar-refractivity contribution >= 4 is 40.9 Å². The van der Waals surface area contributed by atoms with Gasteiger partial charge in [0.25, 0.3) is 5.91 Å². The zero-order chi connectivity index (χ0) is 22.2. The van der Waals surface area contributed by atoms with Crippen LogP contribution in [0.1, 0.15) is 11.1 Å². The maximum atomic E-state index is 13.5. The summed E-state index contributed by atoms with van der Waals surface area (Å²) < 4.78 is 0. The molecule has 0 bridgehead atoms. The first kappa shape index (κ1) is 20.5. The molecule has 2 heterocycles. The molecule has 3 aromatic rings. The number of anilines is 2. The third-order valence-corrected chi connectivity index (χ3v) is 6.07. The van der Waals surface area contributed by atoms with E-state index in [1.54, 1.807) is 17.2 Å². The zero-order valence-electron chi connectivity index (χ0n) is 17.4. The summed E-state index contributed by atoms with van der Waals surface area (Å²) in [4.78, 5) is 34.1. The number of aryl methyl sites for hydroxylation is 1. The van der Waals surface area contributed by atoms with Crippen LogP contribution < -0.4 is 9.96 Å². The molecule has 32 heavy (non-hydrogen) atoms. The van der Waals surface area contributed by atoms with E-state index < -0.39 is 18.1 Å². The van der Waals surface area contributed by atoms with Crippen molar-refractivity contribution in [1.82, 2.24) is 0 Å². The van der Waals surface area contributed by atoms with E-state index in [0.717, 1.165) is 16.8 Å². The average molecular weight is 445 g/mol. The number of carbonyl (C=O) groups is 2. The predicted molar refractivity (Wildman–Crippen MR) is 125 cm³/mol. The molecule has 0 N–H and O–H groups in total. The molecule has 3 unspecified atom stereocenters. The number of para-hydroxylation sites is 1. The number of hydrogen-bond acceptors (Lipinski definition) is 4. The molecular weight excluding hydrogens is 424 g/mol. The van der Waals surface area contributed by atoms with E-state index in [9.17, 15) is 9.59 Å². The normalized spacial score (nSPS) is 22.8. The quantitative estimate of drug-likeness (QED) is 0.529. The fourth-order valence-electron chi connectivity index (χ4n) is 4.18. The van der Waals surface area contributed by atoms with Gasteiger partial charge in [0.15, 0.2) is 6.10 Å². The minimum atomic E-state index is -0.871. The van der Waals surface area contributed by atoms with Crippen LogP contribution in [0, 0.1) is 12.8 Å². The Balaban J connectivity index is 1.51. The highest BCUT2D eigenvalue weighted by Crippen LogP contribution is 2.41. The van der Waals surface area contributed by atoms with Crippen molar-refractivity contribution in [3.63, 3.8) is 0 Å². The van der Waals surface area contributed by atoms with E-state index in [-0.39, 0.29) is 11.8 Å². The van der Waals surface area contributed by atoms with Gasteiger partial charge in [-0.2, -0.15) is 0 Å². The molecule has 5 rings (SSSR count). The highest BCUT2D eigenvalue weighted by molar-refractivity contribution is 6.30.